The standard InChI is InChI=1S/C10H14N2OS.HI/c1-11-10(14-2)12-7-8-3-5-9(13)6-4-8;/h3-6,13H,7H2,1-2H3,(H,11,12);1H. The maximum absolute atomic E-state index is 9.08. The monoisotopic (exact) mass is 338 g/mol. The van der Waals surface area contributed by atoms with Crippen LogP contribution in [0.4, 0.5) is 0 Å². The van der Waals surface area contributed by atoms with Crippen molar-refractivity contribution in [1.82, 2.24) is 5.32 Å². The zero-order chi connectivity index (χ0) is 10.4. The number of halogens is 1. The van der Waals surface area contributed by atoms with E-state index in [4.69, 9.17) is 5.11 Å². The Bertz CT molecular complexity index is 314. The molecule has 15 heavy (non-hydrogen) atoms. The molecule has 0 aromatic heterocycles. The Kier molecular flexibility index (Phi) is 7.59. The Labute approximate surface area is 111 Å². The zero-order valence-corrected chi connectivity index (χ0v) is 11.9. The van der Waals surface area contributed by atoms with Gasteiger partial charge in [-0.25, -0.2) is 0 Å². The van der Waals surface area contributed by atoms with E-state index in [0.29, 0.717) is 5.75 Å². The van der Waals surface area contributed by atoms with E-state index in [2.05, 4.69) is 10.3 Å². The lowest BCUT2D eigenvalue weighted by atomic mass is 10.2. The second kappa shape index (κ2) is 7.81. The molecule has 0 atom stereocenters. The number of benzene rings is 1. The Morgan fingerprint density at radius 3 is 2.47 bits per heavy atom. The quantitative estimate of drug-likeness (QED) is 0.495. The normalized spacial score (nSPS) is 10.7. The van der Waals surface area contributed by atoms with Gasteiger partial charge in [0, 0.05) is 13.6 Å². The van der Waals surface area contributed by atoms with Gasteiger partial charge in [0.15, 0.2) is 5.17 Å². The van der Waals surface area contributed by atoms with Gasteiger partial charge in [-0.1, -0.05) is 23.9 Å². The summed E-state index contributed by atoms with van der Waals surface area (Å²) in [6.07, 6.45) is 1.98. The molecule has 0 bridgehead atoms. The van der Waals surface area contributed by atoms with E-state index in [-0.39, 0.29) is 24.0 Å². The van der Waals surface area contributed by atoms with Crippen molar-refractivity contribution >= 4 is 40.9 Å². The minimum atomic E-state index is 0. The van der Waals surface area contributed by atoms with Gasteiger partial charge < -0.3 is 10.4 Å². The van der Waals surface area contributed by atoms with Gasteiger partial charge in [0.25, 0.3) is 0 Å². The van der Waals surface area contributed by atoms with Gasteiger partial charge >= 0.3 is 0 Å². The number of phenolic OH excluding ortho intramolecular Hbond substituents is 1. The number of phenols is 1. The molecule has 0 spiro atoms. The predicted octanol–water partition coefficient (Wildman–Crippen LogP) is 2.45. The van der Waals surface area contributed by atoms with E-state index in [1.807, 2.05) is 18.4 Å². The van der Waals surface area contributed by atoms with Crippen LogP contribution in [0.3, 0.4) is 0 Å². The van der Waals surface area contributed by atoms with Crippen molar-refractivity contribution in [1.29, 1.82) is 0 Å². The first-order valence-electron chi connectivity index (χ1n) is 4.29. The highest BCUT2D eigenvalue weighted by Gasteiger charge is 1.96. The number of hydrogen-bond acceptors (Lipinski definition) is 3. The first-order chi connectivity index (χ1) is 6.76. The smallest absolute Gasteiger partial charge is 0.156 e. The highest BCUT2D eigenvalue weighted by Crippen LogP contribution is 2.09. The molecule has 0 amide bonds. The maximum Gasteiger partial charge on any atom is 0.156 e. The summed E-state index contributed by atoms with van der Waals surface area (Å²) in [5.41, 5.74) is 1.12. The van der Waals surface area contributed by atoms with Crippen molar-refractivity contribution in [3.8, 4) is 5.75 Å². The van der Waals surface area contributed by atoms with Crippen LogP contribution in [-0.4, -0.2) is 23.6 Å². The molecule has 84 valence electrons. The third-order valence-electron chi connectivity index (χ3n) is 1.78. The van der Waals surface area contributed by atoms with Crippen LogP contribution in [0, 0.1) is 0 Å². The van der Waals surface area contributed by atoms with Gasteiger partial charge in [0.2, 0.25) is 0 Å². The van der Waals surface area contributed by atoms with Crippen LogP contribution in [0.15, 0.2) is 29.3 Å². The van der Waals surface area contributed by atoms with Crippen LogP contribution < -0.4 is 5.32 Å². The molecular formula is C10H15IN2OS. The third kappa shape index (κ3) is 5.27. The van der Waals surface area contributed by atoms with Crippen LogP contribution in [0.2, 0.25) is 0 Å². The summed E-state index contributed by atoms with van der Waals surface area (Å²) >= 11 is 1.58. The van der Waals surface area contributed by atoms with Crippen LogP contribution in [-0.2, 0) is 6.54 Å². The number of nitrogens with zero attached hydrogens (tertiary/aromatic N) is 1. The Morgan fingerprint density at radius 1 is 1.40 bits per heavy atom. The average molecular weight is 338 g/mol. The van der Waals surface area contributed by atoms with Gasteiger partial charge in [0.1, 0.15) is 5.75 Å². The number of hydrogen-bond donors (Lipinski definition) is 2. The van der Waals surface area contributed by atoms with Crippen molar-refractivity contribution < 1.29 is 5.11 Å². The van der Waals surface area contributed by atoms with Gasteiger partial charge in [0.05, 0.1) is 0 Å². The number of amidine groups is 1. The number of rotatable bonds is 2. The molecule has 1 aromatic rings. The van der Waals surface area contributed by atoms with Crippen LogP contribution in [0.25, 0.3) is 0 Å². The molecule has 0 heterocycles. The summed E-state index contributed by atoms with van der Waals surface area (Å²) in [6, 6.07) is 7.13. The molecule has 0 fully saturated rings. The molecule has 3 nitrogen and oxygen atoms in total. The maximum atomic E-state index is 9.08. The lowest BCUT2D eigenvalue weighted by molar-refractivity contribution is 0.475. The lowest BCUT2D eigenvalue weighted by Crippen LogP contribution is -2.19. The van der Waals surface area contributed by atoms with E-state index in [1.165, 1.54) is 0 Å². The highest BCUT2D eigenvalue weighted by atomic mass is 127. The van der Waals surface area contributed by atoms with Crippen molar-refractivity contribution in [2.75, 3.05) is 13.3 Å². The van der Waals surface area contributed by atoms with Crippen LogP contribution in [0.5, 0.6) is 5.75 Å². The third-order valence-corrected chi connectivity index (χ3v) is 2.49. The summed E-state index contributed by atoms with van der Waals surface area (Å²) in [5, 5.41) is 13.2. The van der Waals surface area contributed by atoms with Gasteiger partial charge in [-0.3, -0.25) is 4.99 Å². The molecule has 0 radical (unpaired) electrons. The Morgan fingerprint density at radius 2 is 2.00 bits per heavy atom. The summed E-state index contributed by atoms with van der Waals surface area (Å²) in [5.74, 6) is 0.294. The van der Waals surface area contributed by atoms with E-state index in [1.54, 1.807) is 30.9 Å². The van der Waals surface area contributed by atoms with Gasteiger partial charge in [-0.15, -0.1) is 24.0 Å². The molecule has 1 aromatic carbocycles. The zero-order valence-electron chi connectivity index (χ0n) is 8.73. The van der Waals surface area contributed by atoms with Crippen molar-refractivity contribution in [2.24, 2.45) is 4.99 Å². The summed E-state index contributed by atoms with van der Waals surface area (Å²) < 4.78 is 0. The van der Waals surface area contributed by atoms with E-state index in [0.717, 1.165) is 17.3 Å². The molecule has 0 saturated carbocycles. The minimum Gasteiger partial charge on any atom is -0.508 e. The Balaban J connectivity index is 0.00000196. The van der Waals surface area contributed by atoms with Gasteiger partial charge in [-0.2, -0.15) is 0 Å². The molecule has 0 aliphatic rings. The minimum absolute atomic E-state index is 0. The first kappa shape index (κ1) is 14.6. The Hall–Kier alpha value is -0.430. The van der Waals surface area contributed by atoms with Crippen molar-refractivity contribution in [3.63, 3.8) is 0 Å². The molecule has 0 saturated heterocycles. The molecule has 0 aliphatic heterocycles. The molecule has 1 rings (SSSR count). The topological polar surface area (TPSA) is 44.6 Å². The summed E-state index contributed by atoms with van der Waals surface area (Å²) in [7, 11) is 1.76. The van der Waals surface area contributed by atoms with Crippen LogP contribution in [0.1, 0.15) is 5.56 Å². The van der Waals surface area contributed by atoms with Gasteiger partial charge in [-0.05, 0) is 24.0 Å². The fraction of sp³-hybridized carbons (Fsp3) is 0.300. The largest absolute Gasteiger partial charge is 0.508 e. The molecular weight excluding hydrogens is 323 g/mol. The lowest BCUT2D eigenvalue weighted by Gasteiger charge is -2.06. The second-order valence-corrected chi connectivity index (χ2v) is 3.55. The summed E-state index contributed by atoms with van der Waals surface area (Å²) in [4.78, 5) is 4.06. The number of aromatic hydroxyl groups is 1. The molecule has 5 heteroatoms. The second-order valence-electron chi connectivity index (χ2n) is 2.75. The first-order valence-corrected chi connectivity index (χ1v) is 5.51. The highest BCUT2D eigenvalue weighted by molar-refractivity contribution is 14.0. The predicted molar refractivity (Wildman–Crippen MR) is 77.2 cm³/mol. The number of thioether (sulfide) groups is 1. The number of aliphatic imine (C=N–C) groups is 1. The van der Waals surface area contributed by atoms with E-state index < -0.39 is 0 Å². The average Bonchev–Trinajstić information content (AvgIpc) is 2.22. The van der Waals surface area contributed by atoms with Crippen LogP contribution >= 0.6 is 35.7 Å². The van der Waals surface area contributed by atoms with Crippen molar-refractivity contribution in [2.45, 2.75) is 6.54 Å². The van der Waals surface area contributed by atoms with Crippen molar-refractivity contribution in [3.05, 3.63) is 29.8 Å². The molecule has 0 unspecified atom stereocenters. The molecule has 2 N–H and O–H groups in total. The SMILES string of the molecule is CN=C(NCc1ccc(O)cc1)SC.I. The van der Waals surface area contributed by atoms with E-state index in [9.17, 15) is 0 Å². The number of nitrogens with one attached hydrogen (secondary N) is 1. The fourth-order valence-corrected chi connectivity index (χ4v) is 1.43. The summed E-state index contributed by atoms with van der Waals surface area (Å²) in [6.45, 7) is 0.730. The molecule has 0 aliphatic carbocycles. The fourth-order valence-electron chi connectivity index (χ4n) is 1.03. The van der Waals surface area contributed by atoms with E-state index >= 15 is 0 Å².